The summed E-state index contributed by atoms with van der Waals surface area (Å²) in [6.45, 7) is 0. The molecule has 15 nitrogen and oxygen atoms in total. The average Bonchev–Trinajstić information content (AvgIpc) is 3.04. The summed E-state index contributed by atoms with van der Waals surface area (Å²) in [5, 5.41) is 17.3. The molecule has 252 valence electrons. The Bertz CT molecular complexity index is 2430. The number of rotatable bonds is 8. The SMILES string of the molecule is Nc1cc(-c2c(N)ccc3cc(S(=O)(=O)O)ccc23)ccc1/N=N/O/N=N/c1ccc(-c2c(N)ccc3cc(S(=O)(=O)O)ccc23)cc1N.[NaH].[NaH]. The standard InChI is InChI=1S/C32H26N8O7S2.2Na.2H/c33-25-9-1-17-13-21(48(41,42)43)5-7-23(17)31(25)19-3-11-29(27(35)15-19)37-39-47-40-38-30-12-4-20(16-28(30)36)32-24-8-6-22(49(44,45)46)14-18(24)2-10-26(32)34;;;;/h1-16H,33-36H2,(H,41,42,43)(H,44,45,46);;;;/b39-37+,40-38+;;;;. The molecular weight excluding hydrogens is 719 g/mol. The van der Waals surface area contributed by atoms with Gasteiger partial charge in [-0.25, -0.2) is 4.94 Å². The van der Waals surface area contributed by atoms with Crippen LogP contribution in [0.5, 0.6) is 0 Å². The van der Waals surface area contributed by atoms with Crippen molar-refractivity contribution in [3.05, 3.63) is 97.1 Å². The van der Waals surface area contributed by atoms with Gasteiger partial charge in [0.15, 0.2) is 0 Å². The van der Waals surface area contributed by atoms with Gasteiger partial charge in [-0.15, -0.1) is 10.2 Å². The third-order valence-corrected chi connectivity index (χ3v) is 9.34. The fraction of sp³-hybridized carbons (Fsp3) is 0. The molecule has 0 aliphatic carbocycles. The fourth-order valence-electron chi connectivity index (χ4n) is 5.36. The summed E-state index contributed by atoms with van der Waals surface area (Å²) in [5.41, 5.74) is 29.2. The summed E-state index contributed by atoms with van der Waals surface area (Å²) < 4.78 is 65.1. The topological polar surface area (TPSA) is 271 Å². The van der Waals surface area contributed by atoms with Gasteiger partial charge in [0, 0.05) is 22.5 Å². The van der Waals surface area contributed by atoms with Gasteiger partial charge in [0.2, 0.25) is 0 Å². The Morgan fingerprint density at radius 1 is 0.490 bits per heavy atom. The van der Waals surface area contributed by atoms with Crippen LogP contribution in [0.4, 0.5) is 34.1 Å². The zero-order chi connectivity index (χ0) is 35.1. The van der Waals surface area contributed by atoms with Crippen LogP contribution in [0.15, 0.2) is 128 Å². The van der Waals surface area contributed by atoms with Gasteiger partial charge < -0.3 is 22.9 Å². The number of nitrogens with zero attached hydrogens (tertiary/aromatic N) is 4. The van der Waals surface area contributed by atoms with E-state index >= 15 is 0 Å². The summed E-state index contributed by atoms with van der Waals surface area (Å²) in [6, 6.07) is 24.7. The molecule has 19 heteroatoms. The Labute approximate surface area is 335 Å². The molecule has 51 heavy (non-hydrogen) atoms. The molecule has 0 unspecified atom stereocenters. The van der Waals surface area contributed by atoms with Crippen molar-refractivity contribution < 1.29 is 30.9 Å². The molecule has 0 bridgehead atoms. The van der Waals surface area contributed by atoms with Gasteiger partial charge in [0.25, 0.3) is 20.2 Å². The quantitative estimate of drug-likeness (QED) is 0.0368. The van der Waals surface area contributed by atoms with Crippen molar-refractivity contribution in [3.8, 4) is 22.3 Å². The minimum atomic E-state index is -4.38. The number of benzene rings is 6. The molecule has 0 fully saturated rings. The molecule has 0 spiro atoms. The van der Waals surface area contributed by atoms with Gasteiger partial charge in [0.05, 0.1) is 31.7 Å². The van der Waals surface area contributed by atoms with Gasteiger partial charge in [-0.3, -0.25) is 9.11 Å². The zero-order valence-corrected chi connectivity index (χ0v) is 26.7. The van der Waals surface area contributed by atoms with E-state index in [4.69, 9.17) is 27.9 Å². The summed E-state index contributed by atoms with van der Waals surface area (Å²) in [7, 11) is -8.76. The van der Waals surface area contributed by atoms with Gasteiger partial charge >= 0.3 is 59.1 Å². The predicted octanol–water partition coefficient (Wildman–Crippen LogP) is 5.57. The number of hydrogen-bond acceptors (Lipinski definition) is 13. The van der Waals surface area contributed by atoms with Crippen LogP contribution in [0.3, 0.4) is 0 Å². The predicted molar refractivity (Wildman–Crippen MR) is 200 cm³/mol. The van der Waals surface area contributed by atoms with Crippen molar-refractivity contribution in [1.29, 1.82) is 0 Å². The summed E-state index contributed by atoms with van der Waals surface area (Å²) in [6.07, 6.45) is 0. The Morgan fingerprint density at radius 3 is 1.24 bits per heavy atom. The van der Waals surface area contributed by atoms with E-state index in [0.717, 1.165) is 0 Å². The van der Waals surface area contributed by atoms with E-state index in [1.165, 1.54) is 24.3 Å². The maximum absolute atomic E-state index is 11.6. The fourth-order valence-corrected chi connectivity index (χ4v) is 6.39. The minimum absolute atomic E-state index is 0. The molecule has 0 aliphatic heterocycles. The van der Waals surface area contributed by atoms with E-state index in [2.05, 4.69) is 20.8 Å². The number of anilines is 4. The van der Waals surface area contributed by atoms with E-state index < -0.39 is 20.2 Å². The third-order valence-electron chi connectivity index (χ3n) is 7.65. The van der Waals surface area contributed by atoms with E-state index in [1.54, 1.807) is 72.8 Å². The monoisotopic (exact) mass is 746 g/mol. The summed E-state index contributed by atoms with van der Waals surface area (Å²) >= 11 is 0. The molecule has 0 saturated carbocycles. The van der Waals surface area contributed by atoms with Crippen LogP contribution in [0.1, 0.15) is 0 Å². The van der Waals surface area contributed by atoms with E-state index in [0.29, 0.717) is 55.2 Å². The van der Waals surface area contributed by atoms with E-state index in [-0.39, 0.29) is 91.7 Å². The van der Waals surface area contributed by atoms with Crippen molar-refractivity contribution in [2.75, 3.05) is 22.9 Å². The van der Waals surface area contributed by atoms with Crippen LogP contribution < -0.4 is 22.9 Å². The van der Waals surface area contributed by atoms with Crippen molar-refractivity contribution in [3.63, 3.8) is 0 Å². The third kappa shape index (κ3) is 8.50. The normalized spacial score (nSPS) is 11.9. The number of nitrogen functional groups attached to an aromatic ring is 4. The van der Waals surface area contributed by atoms with Crippen molar-refractivity contribution in [2.45, 2.75) is 9.79 Å². The Hall–Kier alpha value is -4.14. The van der Waals surface area contributed by atoms with Crippen LogP contribution in [0.25, 0.3) is 43.8 Å². The van der Waals surface area contributed by atoms with Crippen LogP contribution in [-0.4, -0.2) is 85.1 Å². The molecule has 6 aromatic carbocycles. The molecule has 0 atom stereocenters. The molecule has 0 aromatic heterocycles. The van der Waals surface area contributed by atoms with Crippen LogP contribution in [0.2, 0.25) is 0 Å². The van der Waals surface area contributed by atoms with Crippen LogP contribution in [0, 0.1) is 0 Å². The zero-order valence-electron chi connectivity index (χ0n) is 25.1. The van der Waals surface area contributed by atoms with Crippen LogP contribution >= 0.6 is 0 Å². The Kier molecular flexibility index (Phi) is 12.1. The van der Waals surface area contributed by atoms with Crippen molar-refractivity contribution in [1.82, 2.24) is 0 Å². The summed E-state index contributed by atoms with van der Waals surface area (Å²) in [4.78, 5) is 4.36. The first-order valence-electron chi connectivity index (χ1n) is 14.1. The van der Waals surface area contributed by atoms with Gasteiger partial charge in [-0.05, 0) is 93.3 Å². The van der Waals surface area contributed by atoms with Crippen molar-refractivity contribution >= 4 is 135 Å². The van der Waals surface area contributed by atoms with Gasteiger partial charge in [0.1, 0.15) is 11.4 Å². The number of nitrogens with two attached hydrogens (primary N) is 4. The number of fused-ring (bicyclic) bond motifs is 2. The van der Waals surface area contributed by atoms with Crippen LogP contribution in [-0.2, 0) is 25.2 Å². The first-order valence-corrected chi connectivity index (χ1v) is 17.0. The molecule has 6 rings (SSSR count). The van der Waals surface area contributed by atoms with Crippen molar-refractivity contribution in [2.24, 2.45) is 20.8 Å². The first kappa shape index (κ1) is 39.6. The molecule has 0 amide bonds. The second kappa shape index (κ2) is 15.6. The Morgan fingerprint density at radius 2 is 0.882 bits per heavy atom. The summed E-state index contributed by atoms with van der Waals surface area (Å²) in [5.74, 6) is 0. The van der Waals surface area contributed by atoms with E-state index in [9.17, 15) is 25.9 Å². The second-order valence-corrected chi connectivity index (χ2v) is 13.6. The molecular formula is C32H28N8Na2O7S2. The van der Waals surface area contributed by atoms with Gasteiger partial charge in [-0.1, -0.05) is 36.4 Å². The molecule has 0 aliphatic rings. The maximum atomic E-state index is 11.6. The Balaban J connectivity index is 0.00000292. The molecule has 6 aromatic rings. The number of hydrogen-bond donors (Lipinski definition) is 6. The molecule has 10 N–H and O–H groups in total. The second-order valence-electron chi connectivity index (χ2n) is 10.8. The van der Waals surface area contributed by atoms with Gasteiger partial charge in [-0.2, -0.15) is 16.8 Å². The molecule has 0 radical (unpaired) electrons. The average molecular weight is 747 g/mol. The molecule has 0 saturated heterocycles. The first-order chi connectivity index (χ1) is 23.2. The molecule has 0 heterocycles. The van der Waals surface area contributed by atoms with E-state index in [1.807, 2.05) is 0 Å².